The molecule has 2 aromatic rings. The third kappa shape index (κ3) is 5.35. The molecule has 12 heteroatoms. The van der Waals surface area contributed by atoms with Gasteiger partial charge in [-0.2, -0.15) is 0 Å². The molecule has 0 bridgehead atoms. The van der Waals surface area contributed by atoms with Crippen LogP contribution in [0.3, 0.4) is 0 Å². The van der Waals surface area contributed by atoms with E-state index in [1.54, 1.807) is 35.2 Å². The van der Waals surface area contributed by atoms with Gasteiger partial charge in [0.25, 0.3) is 16.8 Å². The Balaban J connectivity index is 1.39. The lowest BCUT2D eigenvalue weighted by Crippen LogP contribution is -2.46. The van der Waals surface area contributed by atoms with Crippen molar-refractivity contribution < 1.29 is 28.8 Å². The van der Waals surface area contributed by atoms with Gasteiger partial charge < -0.3 is 14.4 Å². The smallest absolute Gasteiger partial charge is 0.294 e. The Bertz CT molecular complexity index is 1110. The Morgan fingerprint density at radius 2 is 1.91 bits per heavy atom. The van der Waals surface area contributed by atoms with Crippen LogP contribution in [0, 0.1) is 10.1 Å². The zero-order valence-corrected chi connectivity index (χ0v) is 18.0. The molecule has 170 valence electrons. The normalized spacial score (nSPS) is 17.5. The summed E-state index contributed by atoms with van der Waals surface area (Å²) >= 11 is 0.783. The Morgan fingerprint density at radius 1 is 1.18 bits per heavy atom. The van der Waals surface area contributed by atoms with Crippen molar-refractivity contribution in [3.8, 4) is 11.6 Å². The summed E-state index contributed by atoms with van der Waals surface area (Å²) in [6.07, 6.45) is 2.67. The Labute approximate surface area is 192 Å². The van der Waals surface area contributed by atoms with Gasteiger partial charge in [-0.15, -0.1) is 0 Å². The second-order valence-electron chi connectivity index (χ2n) is 7.04. The van der Waals surface area contributed by atoms with Crippen LogP contribution in [0.2, 0.25) is 0 Å². The molecule has 4 rings (SSSR count). The van der Waals surface area contributed by atoms with Crippen molar-refractivity contribution in [1.29, 1.82) is 0 Å². The van der Waals surface area contributed by atoms with Gasteiger partial charge >= 0.3 is 0 Å². The van der Waals surface area contributed by atoms with Gasteiger partial charge in [0, 0.05) is 25.2 Å². The second-order valence-corrected chi connectivity index (χ2v) is 8.04. The van der Waals surface area contributed by atoms with E-state index >= 15 is 0 Å². The fourth-order valence-corrected chi connectivity index (χ4v) is 3.97. The molecule has 0 saturated carbocycles. The van der Waals surface area contributed by atoms with E-state index in [0.29, 0.717) is 37.6 Å². The molecule has 33 heavy (non-hydrogen) atoms. The maximum Gasteiger partial charge on any atom is 0.294 e. The van der Waals surface area contributed by atoms with E-state index in [1.807, 2.05) is 0 Å². The summed E-state index contributed by atoms with van der Waals surface area (Å²) in [5.41, 5.74) is 0.516. The molecule has 0 N–H and O–H groups in total. The van der Waals surface area contributed by atoms with Crippen LogP contribution < -0.4 is 4.74 Å². The van der Waals surface area contributed by atoms with E-state index in [2.05, 4.69) is 4.98 Å². The SMILES string of the molecule is O=C(CN1C(=O)S/C(=C/c2ccc(Oc3ccc([N+](=O)[O-])cn3)cc2)C1=O)N1CCOCC1. The number of thioether (sulfide) groups is 1. The molecule has 2 aliphatic heterocycles. The third-order valence-corrected chi connectivity index (χ3v) is 5.77. The van der Waals surface area contributed by atoms with Crippen LogP contribution in [0.15, 0.2) is 47.5 Å². The minimum atomic E-state index is -0.550. The highest BCUT2D eigenvalue weighted by Gasteiger charge is 2.37. The quantitative estimate of drug-likeness (QED) is 0.355. The highest BCUT2D eigenvalue weighted by molar-refractivity contribution is 8.18. The van der Waals surface area contributed by atoms with Crippen molar-refractivity contribution in [2.45, 2.75) is 0 Å². The largest absolute Gasteiger partial charge is 0.439 e. The van der Waals surface area contributed by atoms with Gasteiger partial charge in [0.2, 0.25) is 11.8 Å². The van der Waals surface area contributed by atoms with Crippen LogP contribution >= 0.6 is 11.8 Å². The summed E-state index contributed by atoms with van der Waals surface area (Å²) < 4.78 is 10.8. The van der Waals surface area contributed by atoms with Crippen LogP contribution in [0.4, 0.5) is 10.5 Å². The number of amides is 3. The molecule has 2 aliphatic rings. The van der Waals surface area contributed by atoms with Crippen molar-refractivity contribution in [3.63, 3.8) is 0 Å². The first-order valence-corrected chi connectivity index (χ1v) is 10.7. The average Bonchev–Trinajstić information content (AvgIpc) is 3.08. The number of pyridine rings is 1. The molecular weight excluding hydrogens is 452 g/mol. The van der Waals surface area contributed by atoms with Gasteiger partial charge in [0.1, 0.15) is 18.5 Å². The molecule has 2 fully saturated rings. The van der Waals surface area contributed by atoms with Crippen LogP contribution in [0.5, 0.6) is 11.6 Å². The van der Waals surface area contributed by atoms with Gasteiger partial charge in [-0.1, -0.05) is 12.1 Å². The van der Waals surface area contributed by atoms with Gasteiger partial charge in [-0.05, 0) is 35.5 Å². The Hall–Kier alpha value is -3.77. The van der Waals surface area contributed by atoms with E-state index in [9.17, 15) is 24.5 Å². The van der Waals surface area contributed by atoms with E-state index in [-0.39, 0.29) is 28.9 Å². The highest BCUT2D eigenvalue weighted by atomic mass is 32.2. The average molecular weight is 470 g/mol. The van der Waals surface area contributed by atoms with Gasteiger partial charge in [-0.25, -0.2) is 4.98 Å². The standard InChI is InChI=1S/C21H18N4O7S/c26-19(23-7-9-31-10-8-23)13-24-20(27)17(33-21(24)28)11-14-1-4-16(5-2-14)32-18-6-3-15(12-22-18)25(29)30/h1-6,11-12H,7-10,13H2/b17-11+. The van der Waals surface area contributed by atoms with Crippen LogP contribution in [0.25, 0.3) is 6.08 Å². The number of hydrogen-bond donors (Lipinski definition) is 0. The number of rotatable bonds is 6. The molecule has 0 spiro atoms. The molecule has 0 unspecified atom stereocenters. The zero-order valence-electron chi connectivity index (χ0n) is 17.2. The first-order chi connectivity index (χ1) is 15.9. The monoisotopic (exact) mass is 470 g/mol. The number of benzene rings is 1. The van der Waals surface area contributed by atoms with Gasteiger partial charge in [-0.3, -0.25) is 29.4 Å². The van der Waals surface area contributed by atoms with Gasteiger partial charge in [0.05, 0.1) is 23.0 Å². The number of aromatic nitrogens is 1. The molecule has 1 aromatic carbocycles. The first-order valence-electron chi connectivity index (χ1n) is 9.90. The number of imide groups is 1. The number of nitrogens with zero attached hydrogens (tertiary/aromatic N) is 4. The minimum absolute atomic E-state index is 0.140. The van der Waals surface area contributed by atoms with E-state index in [0.717, 1.165) is 22.9 Å². The fraction of sp³-hybridized carbons (Fsp3) is 0.238. The van der Waals surface area contributed by atoms with E-state index < -0.39 is 16.1 Å². The third-order valence-electron chi connectivity index (χ3n) is 4.86. The summed E-state index contributed by atoms with van der Waals surface area (Å²) in [5.74, 6) is -0.164. The first kappa shape index (κ1) is 22.4. The second kappa shape index (κ2) is 9.79. The minimum Gasteiger partial charge on any atom is -0.439 e. The summed E-state index contributed by atoms with van der Waals surface area (Å²) in [6.45, 7) is 1.46. The van der Waals surface area contributed by atoms with Crippen molar-refractivity contribution in [2.75, 3.05) is 32.8 Å². The van der Waals surface area contributed by atoms with Crippen LogP contribution in [0.1, 0.15) is 5.56 Å². The molecule has 0 radical (unpaired) electrons. The number of nitro groups is 1. The summed E-state index contributed by atoms with van der Waals surface area (Å²) in [5, 5.41) is 10.2. The maximum absolute atomic E-state index is 12.7. The van der Waals surface area contributed by atoms with Gasteiger partial charge in [0.15, 0.2) is 0 Å². The number of carbonyl (C=O) groups excluding carboxylic acids is 3. The molecular formula is C21H18N4O7S. The molecule has 1 aromatic heterocycles. The molecule has 0 atom stereocenters. The predicted octanol–water partition coefficient (Wildman–Crippen LogP) is 2.68. The van der Waals surface area contributed by atoms with Crippen molar-refractivity contribution in [1.82, 2.24) is 14.8 Å². The highest BCUT2D eigenvalue weighted by Crippen LogP contribution is 2.32. The van der Waals surface area contributed by atoms with Crippen molar-refractivity contribution in [3.05, 3.63) is 63.2 Å². The zero-order chi connectivity index (χ0) is 23.4. The number of morpholine rings is 1. The molecule has 11 nitrogen and oxygen atoms in total. The number of hydrogen-bond acceptors (Lipinski definition) is 9. The Kier molecular flexibility index (Phi) is 6.66. The number of ether oxygens (including phenoxy) is 2. The topological polar surface area (TPSA) is 132 Å². The molecule has 0 aliphatic carbocycles. The van der Waals surface area contributed by atoms with E-state index in [4.69, 9.17) is 9.47 Å². The fourth-order valence-electron chi connectivity index (χ4n) is 3.13. The predicted molar refractivity (Wildman–Crippen MR) is 117 cm³/mol. The Morgan fingerprint density at radius 3 is 2.55 bits per heavy atom. The lowest BCUT2D eigenvalue weighted by Gasteiger charge is -2.28. The van der Waals surface area contributed by atoms with Crippen LogP contribution in [-0.4, -0.2) is 69.6 Å². The number of carbonyl (C=O) groups is 3. The molecule has 3 heterocycles. The lowest BCUT2D eigenvalue weighted by molar-refractivity contribution is -0.385. The summed E-state index contributed by atoms with van der Waals surface area (Å²) in [6, 6.07) is 9.33. The summed E-state index contributed by atoms with van der Waals surface area (Å²) in [7, 11) is 0. The van der Waals surface area contributed by atoms with E-state index in [1.165, 1.54) is 12.1 Å². The molecule has 3 amide bonds. The molecule has 2 saturated heterocycles. The lowest BCUT2D eigenvalue weighted by atomic mass is 10.2. The summed E-state index contributed by atoms with van der Waals surface area (Å²) in [4.78, 5) is 54.1. The maximum atomic E-state index is 12.7. The van der Waals surface area contributed by atoms with Crippen LogP contribution in [-0.2, 0) is 14.3 Å². The van der Waals surface area contributed by atoms with Crippen molar-refractivity contribution >= 4 is 40.6 Å². The van der Waals surface area contributed by atoms with Crippen molar-refractivity contribution in [2.24, 2.45) is 0 Å².